The molecule has 1 atom stereocenters. The molecule has 19 heavy (non-hydrogen) atoms. The zero-order valence-corrected chi connectivity index (χ0v) is 12.8. The molecule has 1 aliphatic rings. The van der Waals surface area contributed by atoms with Gasteiger partial charge in [0, 0.05) is 15.8 Å². The lowest BCUT2D eigenvalue weighted by Crippen LogP contribution is -2.24. The van der Waals surface area contributed by atoms with Gasteiger partial charge in [-0.3, -0.25) is 4.79 Å². The third kappa shape index (κ3) is 4.20. The smallest absolute Gasteiger partial charge is 0.244 e. The van der Waals surface area contributed by atoms with Crippen molar-refractivity contribution in [1.82, 2.24) is 5.32 Å². The highest BCUT2D eigenvalue weighted by atomic mass is 32.1. The van der Waals surface area contributed by atoms with Crippen LogP contribution in [-0.4, -0.2) is 5.91 Å². The Hall–Kier alpha value is -1.09. The molecule has 1 aliphatic carbocycles. The third-order valence-corrected chi connectivity index (χ3v) is 4.98. The van der Waals surface area contributed by atoms with Crippen LogP contribution in [0.1, 0.15) is 55.3 Å². The summed E-state index contributed by atoms with van der Waals surface area (Å²) in [4.78, 5) is 14.5. The number of hydrogen-bond donors (Lipinski definition) is 1. The molecule has 1 aromatic heterocycles. The number of carbonyl (C=O) groups excluding carboxylic acids is 1. The van der Waals surface area contributed by atoms with Crippen molar-refractivity contribution in [2.24, 2.45) is 5.92 Å². The molecule has 0 radical (unpaired) electrons. The molecule has 1 saturated carbocycles. The van der Waals surface area contributed by atoms with Crippen molar-refractivity contribution in [3.8, 4) is 0 Å². The minimum absolute atomic E-state index is 0.0584. The van der Waals surface area contributed by atoms with Crippen LogP contribution in [0.5, 0.6) is 0 Å². The second-order valence-corrected chi connectivity index (χ2v) is 6.98. The van der Waals surface area contributed by atoms with Crippen LogP contribution in [0.3, 0.4) is 0 Å². The van der Waals surface area contributed by atoms with Crippen molar-refractivity contribution in [2.45, 2.75) is 52.5 Å². The fourth-order valence-electron chi connectivity index (χ4n) is 2.47. The fourth-order valence-corrected chi connectivity index (χ4v) is 3.35. The number of rotatable bonds is 3. The molecule has 0 aromatic carbocycles. The summed E-state index contributed by atoms with van der Waals surface area (Å²) in [7, 11) is 0. The highest BCUT2D eigenvalue weighted by Gasteiger charge is 2.14. The van der Waals surface area contributed by atoms with Gasteiger partial charge in [-0.2, -0.15) is 0 Å². The summed E-state index contributed by atoms with van der Waals surface area (Å²) in [6, 6.07) is 4.30. The second-order valence-electron chi connectivity index (χ2n) is 5.66. The number of nitrogens with one attached hydrogen (secondary N) is 1. The number of thiophene rings is 1. The Bertz CT molecular complexity index is 465. The molecule has 1 heterocycles. The summed E-state index contributed by atoms with van der Waals surface area (Å²) in [5.74, 6) is 0.872. The van der Waals surface area contributed by atoms with Gasteiger partial charge in [0.15, 0.2) is 0 Å². The van der Waals surface area contributed by atoms with E-state index in [1.165, 1.54) is 28.2 Å². The molecule has 1 amide bonds. The van der Waals surface area contributed by atoms with Crippen LogP contribution < -0.4 is 5.32 Å². The Balaban J connectivity index is 1.89. The van der Waals surface area contributed by atoms with Gasteiger partial charge in [0.05, 0.1) is 6.04 Å². The Kier molecular flexibility index (Phi) is 4.81. The molecule has 0 saturated heterocycles. The average Bonchev–Trinajstić information content (AvgIpc) is 2.79. The first kappa shape index (κ1) is 14.3. The SMILES string of the molecule is Cc1ccc(C(C)NC(=O)C=C2CCC(C)CC2)s1. The zero-order chi connectivity index (χ0) is 13.8. The van der Waals surface area contributed by atoms with Gasteiger partial charge in [0.25, 0.3) is 0 Å². The lowest BCUT2D eigenvalue weighted by atomic mass is 9.87. The highest BCUT2D eigenvalue weighted by molar-refractivity contribution is 7.12. The van der Waals surface area contributed by atoms with E-state index in [0.717, 1.165) is 18.8 Å². The number of allylic oxidation sites excluding steroid dienone is 1. The summed E-state index contributed by atoms with van der Waals surface area (Å²) in [6.07, 6.45) is 6.43. The number of amides is 1. The summed E-state index contributed by atoms with van der Waals surface area (Å²) in [5, 5.41) is 3.06. The van der Waals surface area contributed by atoms with E-state index in [9.17, 15) is 4.79 Å². The van der Waals surface area contributed by atoms with Gasteiger partial charge in [0.2, 0.25) is 5.91 Å². The van der Waals surface area contributed by atoms with E-state index >= 15 is 0 Å². The Morgan fingerprint density at radius 3 is 2.68 bits per heavy atom. The fraction of sp³-hybridized carbons (Fsp3) is 0.562. The Labute approximate surface area is 119 Å². The maximum Gasteiger partial charge on any atom is 0.244 e. The largest absolute Gasteiger partial charge is 0.345 e. The number of aryl methyl sites for hydroxylation is 1. The molecule has 0 aliphatic heterocycles. The molecule has 1 fully saturated rings. The Morgan fingerprint density at radius 2 is 2.11 bits per heavy atom. The van der Waals surface area contributed by atoms with Crippen LogP contribution in [-0.2, 0) is 4.79 Å². The monoisotopic (exact) mass is 277 g/mol. The number of carbonyl (C=O) groups is 1. The highest BCUT2D eigenvalue weighted by Crippen LogP contribution is 2.27. The minimum atomic E-state index is 0.0584. The molecule has 2 rings (SSSR count). The summed E-state index contributed by atoms with van der Waals surface area (Å²) < 4.78 is 0. The first-order valence-electron chi connectivity index (χ1n) is 7.11. The maximum atomic E-state index is 12.0. The maximum absolute atomic E-state index is 12.0. The second kappa shape index (κ2) is 6.38. The van der Waals surface area contributed by atoms with Crippen LogP contribution in [0.25, 0.3) is 0 Å². The summed E-state index contributed by atoms with van der Waals surface area (Å²) in [6.45, 7) is 6.43. The van der Waals surface area contributed by atoms with Crippen LogP contribution >= 0.6 is 11.3 Å². The van der Waals surface area contributed by atoms with E-state index in [-0.39, 0.29) is 11.9 Å². The molecule has 0 bridgehead atoms. The predicted octanol–water partition coefficient (Wildman–Crippen LogP) is 4.37. The van der Waals surface area contributed by atoms with Gasteiger partial charge in [0.1, 0.15) is 0 Å². The van der Waals surface area contributed by atoms with Crippen LogP contribution in [0.4, 0.5) is 0 Å². The van der Waals surface area contributed by atoms with Gasteiger partial charge < -0.3 is 5.32 Å². The normalized spacial score (nSPS) is 21.0. The zero-order valence-electron chi connectivity index (χ0n) is 12.0. The molecular formula is C16H23NOS. The van der Waals surface area contributed by atoms with Crippen molar-refractivity contribution in [3.05, 3.63) is 33.5 Å². The van der Waals surface area contributed by atoms with Crippen molar-refractivity contribution in [3.63, 3.8) is 0 Å². The van der Waals surface area contributed by atoms with E-state index in [2.05, 4.69) is 31.3 Å². The van der Waals surface area contributed by atoms with Crippen molar-refractivity contribution >= 4 is 17.2 Å². The van der Waals surface area contributed by atoms with Gasteiger partial charge >= 0.3 is 0 Å². The third-order valence-electron chi connectivity index (χ3n) is 3.80. The van der Waals surface area contributed by atoms with Gasteiger partial charge in [-0.25, -0.2) is 0 Å². The van der Waals surface area contributed by atoms with Crippen molar-refractivity contribution < 1.29 is 4.79 Å². The van der Waals surface area contributed by atoms with Gasteiger partial charge in [-0.15, -0.1) is 11.3 Å². The lowest BCUT2D eigenvalue weighted by Gasteiger charge is -2.20. The van der Waals surface area contributed by atoms with Gasteiger partial charge in [-0.1, -0.05) is 12.5 Å². The van der Waals surface area contributed by atoms with Crippen LogP contribution in [0.2, 0.25) is 0 Å². The van der Waals surface area contributed by atoms with Crippen molar-refractivity contribution in [1.29, 1.82) is 0 Å². The molecule has 3 heteroatoms. The van der Waals surface area contributed by atoms with Gasteiger partial charge in [-0.05, 0) is 57.6 Å². The van der Waals surface area contributed by atoms with E-state index in [0.29, 0.717) is 0 Å². The quantitative estimate of drug-likeness (QED) is 0.817. The molecule has 1 aromatic rings. The van der Waals surface area contributed by atoms with E-state index in [1.807, 2.05) is 13.0 Å². The van der Waals surface area contributed by atoms with Crippen LogP contribution in [0.15, 0.2) is 23.8 Å². The van der Waals surface area contributed by atoms with E-state index in [1.54, 1.807) is 11.3 Å². The van der Waals surface area contributed by atoms with Crippen LogP contribution in [0, 0.1) is 12.8 Å². The predicted molar refractivity (Wildman–Crippen MR) is 81.3 cm³/mol. The lowest BCUT2D eigenvalue weighted by molar-refractivity contribution is -0.117. The molecule has 104 valence electrons. The van der Waals surface area contributed by atoms with Crippen molar-refractivity contribution in [2.75, 3.05) is 0 Å². The topological polar surface area (TPSA) is 29.1 Å². The standard InChI is InChI=1S/C16H23NOS/c1-11-4-7-14(8-5-11)10-16(18)17-13(3)15-9-6-12(2)19-15/h6,9-11,13H,4-5,7-8H2,1-3H3,(H,17,18). The molecule has 2 nitrogen and oxygen atoms in total. The molecule has 1 N–H and O–H groups in total. The van der Waals surface area contributed by atoms with E-state index < -0.39 is 0 Å². The average molecular weight is 277 g/mol. The molecule has 1 unspecified atom stereocenters. The molecular weight excluding hydrogens is 254 g/mol. The first-order valence-corrected chi connectivity index (χ1v) is 7.92. The minimum Gasteiger partial charge on any atom is -0.345 e. The Morgan fingerprint density at radius 1 is 1.42 bits per heavy atom. The summed E-state index contributed by atoms with van der Waals surface area (Å²) in [5.41, 5.74) is 1.31. The molecule has 0 spiro atoms. The summed E-state index contributed by atoms with van der Waals surface area (Å²) >= 11 is 1.75. The number of hydrogen-bond acceptors (Lipinski definition) is 2. The van der Waals surface area contributed by atoms with E-state index in [4.69, 9.17) is 0 Å². The first-order chi connectivity index (χ1) is 9.04.